The smallest absolute Gasteiger partial charge is 0.225 e. The summed E-state index contributed by atoms with van der Waals surface area (Å²) in [5.41, 5.74) is 2.36. The van der Waals surface area contributed by atoms with Crippen LogP contribution < -0.4 is 20.1 Å². The van der Waals surface area contributed by atoms with Crippen molar-refractivity contribution in [1.29, 1.82) is 0 Å². The average molecular weight is 406 g/mol. The molecule has 1 saturated carbocycles. The first-order valence-electron chi connectivity index (χ1n) is 10.3. The Bertz CT molecular complexity index is 975. The first-order valence-corrected chi connectivity index (χ1v) is 10.3. The predicted octanol–water partition coefficient (Wildman–Crippen LogP) is 5.04. The van der Waals surface area contributed by atoms with Gasteiger partial charge in [-0.2, -0.15) is 4.98 Å². The first-order chi connectivity index (χ1) is 14.7. The summed E-state index contributed by atoms with van der Waals surface area (Å²) in [5, 5.41) is 6.89. The van der Waals surface area contributed by atoms with Crippen molar-refractivity contribution in [3.8, 4) is 22.9 Å². The van der Waals surface area contributed by atoms with Gasteiger partial charge in [0, 0.05) is 24.4 Å². The predicted molar refractivity (Wildman–Crippen MR) is 119 cm³/mol. The molecule has 1 aliphatic carbocycles. The molecule has 1 aliphatic rings. The van der Waals surface area contributed by atoms with E-state index in [4.69, 9.17) is 19.4 Å². The zero-order valence-corrected chi connectivity index (χ0v) is 17.4. The summed E-state index contributed by atoms with van der Waals surface area (Å²) in [4.78, 5) is 13.9. The normalized spacial score (nSPS) is 14.2. The Kier molecular flexibility index (Phi) is 6.27. The molecule has 0 saturated heterocycles. The lowest BCUT2D eigenvalue weighted by molar-refractivity contribution is 0.395. The van der Waals surface area contributed by atoms with E-state index in [-0.39, 0.29) is 0 Å². The fourth-order valence-corrected chi connectivity index (χ4v) is 3.69. The second-order valence-electron chi connectivity index (χ2n) is 7.35. The van der Waals surface area contributed by atoms with Gasteiger partial charge in [-0.3, -0.25) is 4.98 Å². The fourth-order valence-electron chi connectivity index (χ4n) is 3.69. The molecule has 30 heavy (non-hydrogen) atoms. The standard InChI is InChI=1S/C23H27N5O2/c1-29-17-11-12-19(21(14-17)30-2)26-22-15-20(18-10-6-7-13-24-18)27-23(28-22)25-16-8-4-3-5-9-16/h6-7,10-16H,3-5,8-9H2,1-2H3,(H2,25,26,27,28). The number of ether oxygens (including phenoxy) is 2. The van der Waals surface area contributed by atoms with E-state index in [2.05, 4.69) is 15.6 Å². The summed E-state index contributed by atoms with van der Waals surface area (Å²) in [6, 6.07) is 13.7. The van der Waals surface area contributed by atoms with E-state index in [1.54, 1.807) is 20.4 Å². The maximum absolute atomic E-state index is 5.51. The number of anilines is 3. The molecule has 0 amide bonds. The number of nitrogens with zero attached hydrogens (tertiary/aromatic N) is 3. The van der Waals surface area contributed by atoms with Gasteiger partial charge in [0.05, 0.1) is 31.3 Å². The highest BCUT2D eigenvalue weighted by Gasteiger charge is 2.16. The van der Waals surface area contributed by atoms with E-state index in [0.717, 1.165) is 35.7 Å². The van der Waals surface area contributed by atoms with Crippen LogP contribution in [0.15, 0.2) is 48.7 Å². The van der Waals surface area contributed by atoms with Crippen LogP contribution in [0.2, 0.25) is 0 Å². The van der Waals surface area contributed by atoms with Crippen molar-refractivity contribution in [2.24, 2.45) is 0 Å². The molecule has 7 heteroatoms. The van der Waals surface area contributed by atoms with Crippen LogP contribution in [0.25, 0.3) is 11.4 Å². The molecule has 0 aliphatic heterocycles. The van der Waals surface area contributed by atoms with Crippen molar-refractivity contribution in [3.63, 3.8) is 0 Å². The van der Waals surface area contributed by atoms with Crippen molar-refractivity contribution in [2.75, 3.05) is 24.9 Å². The Morgan fingerprint density at radius 3 is 2.50 bits per heavy atom. The van der Waals surface area contributed by atoms with Crippen LogP contribution in [0.3, 0.4) is 0 Å². The molecule has 0 radical (unpaired) electrons. The van der Waals surface area contributed by atoms with Gasteiger partial charge in [0.25, 0.3) is 0 Å². The number of benzene rings is 1. The summed E-state index contributed by atoms with van der Waals surface area (Å²) in [6.45, 7) is 0. The van der Waals surface area contributed by atoms with Crippen molar-refractivity contribution in [3.05, 3.63) is 48.7 Å². The molecule has 2 N–H and O–H groups in total. The third kappa shape index (κ3) is 4.79. The number of nitrogens with one attached hydrogen (secondary N) is 2. The number of hydrogen-bond donors (Lipinski definition) is 2. The Hall–Kier alpha value is -3.35. The Morgan fingerprint density at radius 2 is 1.77 bits per heavy atom. The van der Waals surface area contributed by atoms with E-state index in [0.29, 0.717) is 23.6 Å². The van der Waals surface area contributed by atoms with Gasteiger partial charge in [-0.25, -0.2) is 4.98 Å². The van der Waals surface area contributed by atoms with E-state index in [9.17, 15) is 0 Å². The quantitative estimate of drug-likeness (QED) is 0.570. The Morgan fingerprint density at radius 1 is 0.900 bits per heavy atom. The fraction of sp³-hybridized carbons (Fsp3) is 0.348. The highest BCUT2D eigenvalue weighted by molar-refractivity contribution is 5.69. The molecule has 1 aromatic carbocycles. The van der Waals surface area contributed by atoms with Gasteiger partial charge in [0.2, 0.25) is 5.95 Å². The number of aromatic nitrogens is 3. The minimum Gasteiger partial charge on any atom is -0.497 e. The summed E-state index contributed by atoms with van der Waals surface area (Å²) in [7, 11) is 3.27. The summed E-state index contributed by atoms with van der Waals surface area (Å²) < 4.78 is 10.8. The van der Waals surface area contributed by atoms with E-state index >= 15 is 0 Å². The molecule has 1 fully saturated rings. The molecule has 0 spiro atoms. The van der Waals surface area contributed by atoms with Crippen molar-refractivity contribution >= 4 is 17.5 Å². The van der Waals surface area contributed by atoms with Gasteiger partial charge < -0.3 is 20.1 Å². The van der Waals surface area contributed by atoms with Crippen LogP contribution in [0.4, 0.5) is 17.5 Å². The number of rotatable bonds is 7. The van der Waals surface area contributed by atoms with Crippen molar-refractivity contribution in [2.45, 2.75) is 38.1 Å². The maximum Gasteiger partial charge on any atom is 0.225 e. The SMILES string of the molecule is COc1ccc(Nc2cc(-c3ccccn3)nc(NC3CCCCC3)n2)c(OC)c1. The van der Waals surface area contributed by atoms with E-state index in [1.807, 2.05) is 42.5 Å². The van der Waals surface area contributed by atoms with Crippen LogP contribution in [0.5, 0.6) is 11.5 Å². The molecule has 156 valence electrons. The van der Waals surface area contributed by atoms with E-state index < -0.39 is 0 Å². The third-order valence-electron chi connectivity index (χ3n) is 5.26. The van der Waals surface area contributed by atoms with Gasteiger partial charge in [-0.05, 0) is 37.1 Å². The lowest BCUT2D eigenvalue weighted by Crippen LogP contribution is -2.23. The molecule has 0 unspecified atom stereocenters. The lowest BCUT2D eigenvalue weighted by atomic mass is 9.96. The molecule has 0 atom stereocenters. The highest BCUT2D eigenvalue weighted by Crippen LogP contribution is 2.32. The molecule has 3 aromatic rings. The molecule has 0 bridgehead atoms. The van der Waals surface area contributed by atoms with Crippen molar-refractivity contribution < 1.29 is 9.47 Å². The monoisotopic (exact) mass is 405 g/mol. The summed E-state index contributed by atoms with van der Waals surface area (Å²) in [6.07, 6.45) is 7.85. The van der Waals surface area contributed by atoms with Crippen LogP contribution in [-0.2, 0) is 0 Å². The van der Waals surface area contributed by atoms with Gasteiger partial charge in [0.15, 0.2) is 0 Å². The molecular formula is C23H27N5O2. The third-order valence-corrected chi connectivity index (χ3v) is 5.26. The number of pyridine rings is 1. The summed E-state index contributed by atoms with van der Waals surface area (Å²) in [5.74, 6) is 2.69. The van der Waals surface area contributed by atoms with Crippen LogP contribution in [0, 0.1) is 0 Å². The average Bonchev–Trinajstić information content (AvgIpc) is 2.80. The van der Waals surface area contributed by atoms with Gasteiger partial charge >= 0.3 is 0 Å². The topological polar surface area (TPSA) is 81.2 Å². The molecule has 7 nitrogen and oxygen atoms in total. The zero-order chi connectivity index (χ0) is 20.8. The van der Waals surface area contributed by atoms with Crippen LogP contribution in [-0.4, -0.2) is 35.2 Å². The minimum atomic E-state index is 0.404. The number of methoxy groups -OCH3 is 2. The molecule has 2 heterocycles. The second kappa shape index (κ2) is 9.43. The maximum atomic E-state index is 5.51. The Balaban J connectivity index is 1.66. The van der Waals surface area contributed by atoms with E-state index in [1.165, 1.54) is 19.3 Å². The second-order valence-corrected chi connectivity index (χ2v) is 7.35. The van der Waals surface area contributed by atoms with Crippen LogP contribution in [0.1, 0.15) is 32.1 Å². The first kappa shape index (κ1) is 19.9. The molecule has 2 aromatic heterocycles. The van der Waals surface area contributed by atoms with Gasteiger partial charge in [-0.1, -0.05) is 25.3 Å². The highest BCUT2D eigenvalue weighted by atomic mass is 16.5. The lowest BCUT2D eigenvalue weighted by Gasteiger charge is -2.23. The largest absolute Gasteiger partial charge is 0.497 e. The van der Waals surface area contributed by atoms with Crippen molar-refractivity contribution in [1.82, 2.24) is 15.0 Å². The summed E-state index contributed by atoms with van der Waals surface area (Å²) >= 11 is 0. The number of hydrogen-bond acceptors (Lipinski definition) is 7. The van der Waals surface area contributed by atoms with Gasteiger partial charge in [0.1, 0.15) is 17.3 Å². The zero-order valence-electron chi connectivity index (χ0n) is 17.4. The van der Waals surface area contributed by atoms with Gasteiger partial charge in [-0.15, -0.1) is 0 Å². The molecular weight excluding hydrogens is 378 g/mol. The minimum absolute atomic E-state index is 0.404. The van der Waals surface area contributed by atoms with Crippen LogP contribution >= 0.6 is 0 Å². The molecule has 4 rings (SSSR count). The Labute approximate surface area is 176 Å².